The van der Waals surface area contributed by atoms with Crippen LogP contribution in [-0.4, -0.2) is 33.4 Å². The van der Waals surface area contributed by atoms with Crippen LogP contribution in [-0.2, 0) is 12.8 Å². The first-order valence-electron chi connectivity index (χ1n) is 11.6. The maximum absolute atomic E-state index is 5.23. The molecule has 1 fully saturated rings. The van der Waals surface area contributed by atoms with Crippen molar-refractivity contribution in [3.8, 4) is 11.3 Å². The number of hydrogen-bond acceptors (Lipinski definition) is 2. The van der Waals surface area contributed by atoms with Crippen molar-refractivity contribution in [2.75, 3.05) is 13.1 Å². The van der Waals surface area contributed by atoms with Gasteiger partial charge in [-0.25, -0.2) is 4.98 Å². The van der Waals surface area contributed by atoms with Crippen LogP contribution < -0.4 is 0 Å². The van der Waals surface area contributed by atoms with E-state index >= 15 is 0 Å². The Bertz CT molecular complexity index is 1240. The second-order valence-corrected chi connectivity index (χ2v) is 9.29. The van der Waals surface area contributed by atoms with Crippen LogP contribution in [0.25, 0.3) is 16.8 Å². The Morgan fingerprint density at radius 1 is 0.903 bits per heavy atom. The fourth-order valence-electron chi connectivity index (χ4n) is 5.67. The molecule has 3 heteroatoms. The minimum atomic E-state index is 0.491. The number of rotatable bonds is 3. The van der Waals surface area contributed by atoms with Crippen LogP contribution in [0.2, 0.25) is 0 Å². The minimum absolute atomic E-state index is 0.491. The van der Waals surface area contributed by atoms with Crippen LogP contribution >= 0.6 is 0 Å². The summed E-state index contributed by atoms with van der Waals surface area (Å²) in [6, 6.07) is 24.9. The van der Waals surface area contributed by atoms with Crippen LogP contribution in [0.3, 0.4) is 0 Å². The molecular weight excluding hydrogens is 378 g/mol. The lowest BCUT2D eigenvalue weighted by molar-refractivity contribution is 0.219. The number of benzene rings is 2. The molecule has 1 aliphatic heterocycles. The highest BCUT2D eigenvalue weighted by Gasteiger charge is 2.33. The molecule has 2 aliphatic rings. The van der Waals surface area contributed by atoms with E-state index in [1.165, 1.54) is 54.7 Å². The molecule has 0 radical (unpaired) electrons. The smallest absolute Gasteiger partial charge is 0.118 e. The van der Waals surface area contributed by atoms with Gasteiger partial charge in [-0.3, -0.25) is 4.90 Å². The lowest BCUT2D eigenvalue weighted by atomic mass is 9.87. The molecule has 0 saturated carbocycles. The normalized spacial score (nSPS) is 21.5. The van der Waals surface area contributed by atoms with Gasteiger partial charge in [0.05, 0.1) is 11.2 Å². The van der Waals surface area contributed by atoms with E-state index in [4.69, 9.17) is 4.98 Å². The molecule has 2 aromatic carbocycles. The standard InChI is InChI=1S/C28H29N3/c1-20-7-6-10-23(17-20)27-26-11-4-5-15-31(26)28(29-27)24-14-16-30(19-24)25-13-12-21-8-2-3-9-22(21)18-25/h2-11,15,17,24-25H,12-14,16,18-19H2,1H3. The van der Waals surface area contributed by atoms with Gasteiger partial charge in [-0.15, -0.1) is 0 Å². The van der Waals surface area contributed by atoms with Gasteiger partial charge in [0.15, 0.2) is 0 Å². The third kappa shape index (κ3) is 3.37. The van der Waals surface area contributed by atoms with Crippen molar-refractivity contribution in [3.05, 3.63) is 95.4 Å². The fraction of sp³-hybridized carbons (Fsp3) is 0.321. The molecule has 3 nitrogen and oxygen atoms in total. The second kappa shape index (κ2) is 7.65. The number of likely N-dealkylation sites (tertiary alicyclic amines) is 1. The highest BCUT2D eigenvalue weighted by molar-refractivity contribution is 5.78. The first-order valence-corrected chi connectivity index (χ1v) is 11.6. The van der Waals surface area contributed by atoms with Gasteiger partial charge in [0.2, 0.25) is 0 Å². The number of aryl methyl sites for hydroxylation is 2. The molecule has 1 aliphatic carbocycles. The van der Waals surface area contributed by atoms with Crippen molar-refractivity contribution in [2.24, 2.45) is 0 Å². The Morgan fingerprint density at radius 3 is 2.68 bits per heavy atom. The van der Waals surface area contributed by atoms with Crippen molar-refractivity contribution in [3.63, 3.8) is 0 Å². The first kappa shape index (κ1) is 18.8. The summed E-state index contributed by atoms with van der Waals surface area (Å²) < 4.78 is 2.34. The number of aromatic nitrogens is 2. The summed E-state index contributed by atoms with van der Waals surface area (Å²) in [6.07, 6.45) is 7.07. The Labute approximate surface area is 184 Å². The molecule has 2 atom stereocenters. The molecule has 2 unspecified atom stereocenters. The molecule has 3 heterocycles. The molecule has 0 bridgehead atoms. The number of nitrogens with zero attached hydrogens (tertiary/aromatic N) is 3. The third-order valence-corrected chi connectivity index (χ3v) is 7.29. The number of hydrogen-bond donors (Lipinski definition) is 0. The number of imidazole rings is 1. The van der Waals surface area contributed by atoms with E-state index in [-0.39, 0.29) is 0 Å². The second-order valence-electron chi connectivity index (χ2n) is 9.29. The van der Waals surface area contributed by atoms with Crippen molar-refractivity contribution < 1.29 is 0 Å². The van der Waals surface area contributed by atoms with Crippen LogP contribution in [0.4, 0.5) is 0 Å². The van der Waals surface area contributed by atoms with Crippen LogP contribution in [0.1, 0.15) is 41.3 Å². The number of pyridine rings is 1. The van der Waals surface area contributed by atoms with Crippen molar-refractivity contribution in [1.29, 1.82) is 0 Å². The predicted molar refractivity (Wildman–Crippen MR) is 127 cm³/mol. The van der Waals surface area contributed by atoms with E-state index in [0.29, 0.717) is 12.0 Å². The zero-order valence-electron chi connectivity index (χ0n) is 18.2. The summed E-state index contributed by atoms with van der Waals surface area (Å²) in [7, 11) is 0. The molecule has 0 spiro atoms. The summed E-state index contributed by atoms with van der Waals surface area (Å²) in [5, 5.41) is 0. The van der Waals surface area contributed by atoms with E-state index in [9.17, 15) is 0 Å². The number of fused-ring (bicyclic) bond motifs is 2. The molecular formula is C28H29N3. The zero-order chi connectivity index (χ0) is 20.8. The molecule has 0 amide bonds. The monoisotopic (exact) mass is 407 g/mol. The Kier molecular flexibility index (Phi) is 4.65. The van der Waals surface area contributed by atoms with Crippen molar-refractivity contribution in [2.45, 2.75) is 44.6 Å². The highest BCUT2D eigenvalue weighted by atomic mass is 15.2. The summed E-state index contributed by atoms with van der Waals surface area (Å²) in [4.78, 5) is 7.97. The summed E-state index contributed by atoms with van der Waals surface area (Å²) >= 11 is 0. The average molecular weight is 408 g/mol. The Balaban J connectivity index is 1.29. The lowest BCUT2D eigenvalue weighted by Gasteiger charge is -2.32. The lowest BCUT2D eigenvalue weighted by Crippen LogP contribution is -2.37. The van der Waals surface area contributed by atoms with Crippen molar-refractivity contribution in [1.82, 2.24) is 14.3 Å². The summed E-state index contributed by atoms with van der Waals surface area (Å²) in [5.41, 5.74) is 7.93. The van der Waals surface area contributed by atoms with E-state index < -0.39 is 0 Å². The maximum atomic E-state index is 5.23. The molecule has 31 heavy (non-hydrogen) atoms. The van der Waals surface area contributed by atoms with Gasteiger partial charge in [-0.05, 0) is 68.5 Å². The van der Waals surface area contributed by atoms with E-state index in [2.05, 4.69) is 89.2 Å². The quantitative estimate of drug-likeness (QED) is 0.437. The Hall–Kier alpha value is -2.91. The molecule has 2 aromatic heterocycles. The molecule has 4 aromatic rings. The van der Waals surface area contributed by atoms with Crippen molar-refractivity contribution >= 4 is 5.52 Å². The molecule has 156 valence electrons. The van der Waals surface area contributed by atoms with Crippen LogP contribution in [0.15, 0.2) is 72.9 Å². The van der Waals surface area contributed by atoms with Gasteiger partial charge in [-0.1, -0.05) is 54.1 Å². The van der Waals surface area contributed by atoms with Gasteiger partial charge in [0.25, 0.3) is 0 Å². The van der Waals surface area contributed by atoms with Gasteiger partial charge >= 0.3 is 0 Å². The summed E-state index contributed by atoms with van der Waals surface area (Å²) in [5.74, 6) is 1.72. The van der Waals surface area contributed by atoms with Crippen LogP contribution in [0.5, 0.6) is 0 Å². The highest BCUT2D eigenvalue weighted by Crippen LogP contribution is 2.35. The van der Waals surface area contributed by atoms with E-state index in [0.717, 1.165) is 12.2 Å². The van der Waals surface area contributed by atoms with Crippen LogP contribution in [0, 0.1) is 6.92 Å². The van der Waals surface area contributed by atoms with Gasteiger partial charge < -0.3 is 4.40 Å². The largest absolute Gasteiger partial charge is 0.303 e. The van der Waals surface area contributed by atoms with Gasteiger partial charge in [0, 0.05) is 30.3 Å². The average Bonchev–Trinajstić information content (AvgIpc) is 3.44. The molecule has 6 rings (SSSR count). The maximum Gasteiger partial charge on any atom is 0.118 e. The molecule has 0 N–H and O–H groups in total. The van der Waals surface area contributed by atoms with Gasteiger partial charge in [0.1, 0.15) is 5.82 Å². The predicted octanol–water partition coefficient (Wildman–Crippen LogP) is 5.66. The van der Waals surface area contributed by atoms with E-state index in [1.807, 2.05) is 0 Å². The Morgan fingerprint density at radius 2 is 1.77 bits per heavy atom. The summed E-state index contributed by atoms with van der Waals surface area (Å²) in [6.45, 7) is 4.45. The third-order valence-electron chi connectivity index (χ3n) is 7.29. The SMILES string of the molecule is Cc1cccc(-c2nc(C3CCN(C4CCc5ccccc5C4)C3)n3ccccc23)c1. The molecule has 1 saturated heterocycles. The first-order chi connectivity index (χ1) is 15.3. The zero-order valence-corrected chi connectivity index (χ0v) is 18.2. The van der Waals surface area contributed by atoms with E-state index in [1.54, 1.807) is 11.1 Å². The minimum Gasteiger partial charge on any atom is -0.303 e. The fourth-order valence-corrected chi connectivity index (χ4v) is 5.67. The van der Waals surface area contributed by atoms with Gasteiger partial charge in [-0.2, -0.15) is 0 Å². The topological polar surface area (TPSA) is 20.5 Å².